The second-order valence-electron chi connectivity index (χ2n) is 5.56. The minimum absolute atomic E-state index is 0.350. The SMILES string of the molecule is COCCNC(=O)[C@@H](C)OC(=O)c1cccc(OCC(C)C)c1. The van der Waals surface area contributed by atoms with Gasteiger partial charge in [0, 0.05) is 13.7 Å². The van der Waals surface area contributed by atoms with E-state index in [1.807, 2.05) is 13.8 Å². The fraction of sp³-hybridized carbons (Fsp3) is 0.529. The van der Waals surface area contributed by atoms with Crippen molar-refractivity contribution in [1.29, 1.82) is 0 Å². The number of ether oxygens (including phenoxy) is 3. The number of benzene rings is 1. The molecule has 0 radical (unpaired) electrons. The summed E-state index contributed by atoms with van der Waals surface area (Å²) in [5, 5.41) is 2.62. The Balaban J connectivity index is 2.56. The summed E-state index contributed by atoms with van der Waals surface area (Å²) >= 11 is 0. The van der Waals surface area contributed by atoms with Gasteiger partial charge in [0.05, 0.1) is 18.8 Å². The molecule has 1 amide bonds. The van der Waals surface area contributed by atoms with Crippen LogP contribution in [0.1, 0.15) is 31.1 Å². The molecule has 0 unspecified atom stereocenters. The number of esters is 1. The first kappa shape index (κ1) is 19.0. The third kappa shape index (κ3) is 7.15. The fourth-order valence-electron chi connectivity index (χ4n) is 1.68. The maximum absolute atomic E-state index is 12.1. The first-order valence-electron chi connectivity index (χ1n) is 7.64. The van der Waals surface area contributed by atoms with Crippen molar-refractivity contribution in [2.24, 2.45) is 5.92 Å². The average molecular weight is 323 g/mol. The van der Waals surface area contributed by atoms with Crippen LogP contribution in [0.5, 0.6) is 5.75 Å². The Bertz CT molecular complexity index is 515. The van der Waals surface area contributed by atoms with E-state index < -0.39 is 12.1 Å². The predicted molar refractivity (Wildman–Crippen MR) is 86.5 cm³/mol. The topological polar surface area (TPSA) is 73.9 Å². The molecule has 6 nitrogen and oxygen atoms in total. The van der Waals surface area contributed by atoms with E-state index in [1.54, 1.807) is 31.4 Å². The van der Waals surface area contributed by atoms with Crippen LogP contribution in [-0.2, 0) is 14.3 Å². The van der Waals surface area contributed by atoms with E-state index in [0.29, 0.717) is 37.0 Å². The zero-order chi connectivity index (χ0) is 17.2. The van der Waals surface area contributed by atoms with Gasteiger partial charge in [-0.1, -0.05) is 19.9 Å². The average Bonchev–Trinajstić information content (AvgIpc) is 2.53. The zero-order valence-electron chi connectivity index (χ0n) is 14.1. The minimum atomic E-state index is -0.875. The Hall–Kier alpha value is -2.08. The third-order valence-corrected chi connectivity index (χ3v) is 2.91. The highest BCUT2D eigenvalue weighted by atomic mass is 16.5. The van der Waals surface area contributed by atoms with Crippen LogP contribution in [0.15, 0.2) is 24.3 Å². The van der Waals surface area contributed by atoms with Crippen LogP contribution in [0.25, 0.3) is 0 Å². The molecule has 0 aliphatic carbocycles. The molecule has 0 heterocycles. The molecular formula is C17H25NO5. The lowest BCUT2D eigenvalue weighted by Crippen LogP contribution is -2.37. The lowest BCUT2D eigenvalue weighted by Gasteiger charge is -2.14. The van der Waals surface area contributed by atoms with Crippen molar-refractivity contribution in [3.05, 3.63) is 29.8 Å². The molecule has 0 aromatic heterocycles. The van der Waals surface area contributed by atoms with E-state index in [9.17, 15) is 9.59 Å². The summed E-state index contributed by atoms with van der Waals surface area (Å²) in [6.07, 6.45) is -0.875. The van der Waals surface area contributed by atoms with Crippen molar-refractivity contribution < 1.29 is 23.8 Å². The molecular weight excluding hydrogens is 298 g/mol. The molecule has 128 valence electrons. The van der Waals surface area contributed by atoms with Gasteiger partial charge in [-0.15, -0.1) is 0 Å². The van der Waals surface area contributed by atoms with Crippen LogP contribution in [0.2, 0.25) is 0 Å². The first-order chi connectivity index (χ1) is 10.9. The van der Waals surface area contributed by atoms with E-state index in [1.165, 1.54) is 6.92 Å². The number of amides is 1. The fourth-order valence-corrected chi connectivity index (χ4v) is 1.68. The van der Waals surface area contributed by atoms with E-state index >= 15 is 0 Å². The Morgan fingerprint density at radius 3 is 2.61 bits per heavy atom. The first-order valence-corrected chi connectivity index (χ1v) is 7.64. The molecule has 0 aliphatic heterocycles. The van der Waals surface area contributed by atoms with Crippen LogP contribution in [0.3, 0.4) is 0 Å². The maximum atomic E-state index is 12.1. The summed E-state index contributed by atoms with van der Waals surface area (Å²) in [6.45, 7) is 6.96. The van der Waals surface area contributed by atoms with Crippen molar-refractivity contribution in [3.8, 4) is 5.75 Å². The largest absolute Gasteiger partial charge is 0.493 e. The molecule has 0 fully saturated rings. The second kappa shape index (κ2) is 9.84. The van der Waals surface area contributed by atoms with Crippen molar-refractivity contribution in [1.82, 2.24) is 5.32 Å². The molecule has 0 spiro atoms. The molecule has 23 heavy (non-hydrogen) atoms. The summed E-state index contributed by atoms with van der Waals surface area (Å²) in [7, 11) is 1.55. The highest BCUT2D eigenvalue weighted by molar-refractivity contribution is 5.92. The second-order valence-corrected chi connectivity index (χ2v) is 5.56. The minimum Gasteiger partial charge on any atom is -0.493 e. The van der Waals surface area contributed by atoms with E-state index in [4.69, 9.17) is 14.2 Å². The zero-order valence-corrected chi connectivity index (χ0v) is 14.1. The number of carbonyl (C=O) groups excluding carboxylic acids is 2. The highest BCUT2D eigenvalue weighted by Crippen LogP contribution is 2.15. The van der Waals surface area contributed by atoms with E-state index in [2.05, 4.69) is 5.32 Å². The van der Waals surface area contributed by atoms with E-state index in [0.717, 1.165) is 0 Å². The van der Waals surface area contributed by atoms with Crippen LogP contribution >= 0.6 is 0 Å². The summed E-state index contributed by atoms with van der Waals surface area (Å²) in [5.41, 5.74) is 0.350. The summed E-state index contributed by atoms with van der Waals surface area (Å²) < 4.78 is 15.6. The van der Waals surface area contributed by atoms with Gasteiger partial charge >= 0.3 is 5.97 Å². The van der Waals surface area contributed by atoms with Crippen LogP contribution in [-0.4, -0.2) is 44.8 Å². The van der Waals surface area contributed by atoms with Gasteiger partial charge in [-0.2, -0.15) is 0 Å². The molecule has 1 aromatic rings. The number of methoxy groups -OCH3 is 1. The van der Waals surface area contributed by atoms with Gasteiger partial charge in [0.2, 0.25) is 0 Å². The highest BCUT2D eigenvalue weighted by Gasteiger charge is 2.18. The molecule has 0 saturated heterocycles. The Morgan fingerprint density at radius 2 is 1.96 bits per heavy atom. The Kier molecular flexibility index (Phi) is 8.11. The molecule has 0 aliphatic rings. The summed E-state index contributed by atoms with van der Waals surface area (Å²) in [5.74, 6) is 0.0729. The third-order valence-electron chi connectivity index (χ3n) is 2.91. The predicted octanol–water partition coefficient (Wildman–Crippen LogP) is 2.03. The number of rotatable bonds is 9. The quantitative estimate of drug-likeness (QED) is 0.556. The summed E-state index contributed by atoms with van der Waals surface area (Å²) in [4.78, 5) is 23.9. The molecule has 1 aromatic carbocycles. The number of nitrogens with one attached hydrogen (secondary N) is 1. The molecule has 1 rings (SSSR count). The molecule has 1 atom stereocenters. The van der Waals surface area contributed by atoms with Gasteiger partial charge in [-0.3, -0.25) is 4.79 Å². The van der Waals surface area contributed by atoms with Gasteiger partial charge < -0.3 is 19.5 Å². The smallest absolute Gasteiger partial charge is 0.339 e. The molecule has 0 saturated carbocycles. The standard InChI is InChI=1S/C17H25NO5/c1-12(2)11-22-15-7-5-6-14(10-15)17(20)23-13(3)16(19)18-8-9-21-4/h5-7,10,12-13H,8-9,11H2,1-4H3,(H,18,19)/t13-/m1/s1. The lowest BCUT2D eigenvalue weighted by atomic mass is 10.2. The van der Waals surface area contributed by atoms with Crippen LogP contribution in [0.4, 0.5) is 0 Å². The van der Waals surface area contributed by atoms with Gasteiger partial charge in [-0.25, -0.2) is 4.79 Å². The monoisotopic (exact) mass is 323 g/mol. The van der Waals surface area contributed by atoms with Crippen LogP contribution < -0.4 is 10.1 Å². The molecule has 6 heteroatoms. The lowest BCUT2D eigenvalue weighted by molar-refractivity contribution is -0.129. The van der Waals surface area contributed by atoms with Crippen LogP contribution in [0, 0.1) is 5.92 Å². The number of hydrogen-bond acceptors (Lipinski definition) is 5. The maximum Gasteiger partial charge on any atom is 0.339 e. The van der Waals surface area contributed by atoms with Gasteiger partial charge in [0.15, 0.2) is 6.10 Å². The summed E-state index contributed by atoms with van der Waals surface area (Å²) in [6, 6.07) is 6.73. The van der Waals surface area contributed by atoms with Crippen molar-refractivity contribution in [2.75, 3.05) is 26.9 Å². The van der Waals surface area contributed by atoms with Gasteiger partial charge in [0.25, 0.3) is 5.91 Å². The van der Waals surface area contributed by atoms with Crippen molar-refractivity contribution in [3.63, 3.8) is 0 Å². The Labute approximate surface area is 137 Å². The molecule has 0 bridgehead atoms. The Morgan fingerprint density at radius 1 is 1.22 bits per heavy atom. The number of carbonyl (C=O) groups is 2. The van der Waals surface area contributed by atoms with Crippen molar-refractivity contribution in [2.45, 2.75) is 26.9 Å². The number of hydrogen-bond donors (Lipinski definition) is 1. The normalized spacial score (nSPS) is 11.9. The molecule has 1 N–H and O–H groups in total. The van der Waals surface area contributed by atoms with Gasteiger partial charge in [-0.05, 0) is 31.0 Å². The van der Waals surface area contributed by atoms with Gasteiger partial charge in [0.1, 0.15) is 5.75 Å². The van der Waals surface area contributed by atoms with E-state index in [-0.39, 0.29) is 5.91 Å². The van der Waals surface area contributed by atoms with Crippen molar-refractivity contribution >= 4 is 11.9 Å².